The minimum Gasteiger partial charge on any atom is -0.481 e. The number of carbonyl (C=O) groups is 1. The Kier molecular flexibility index (Phi) is 6.00. The lowest BCUT2D eigenvalue weighted by molar-refractivity contribution is -0.189. The first-order chi connectivity index (χ1) is 12.4. The average Bonchev–Trinajstić information content (AvgIpc) is 2.99. The third-order valence-electron chi connectivity index (χ3n) is 4.24. The van der Waals surface area contributed by atoms with Gasteiger partial charge in [-0.3, -0.25) is 0 Å². The van der Waals surface area contributed by atoms with Crippen LogP contribution in [-0.2, 0) is 14.6 Å². The molecular weight excluding hydrogens is 411 g/mol. The molecule has 1 fully saturated rings. The van der Waals surface area contributed by atoms with Gasteiger partial charge in [-0.2, -0.15) is 13.2 Å². The number of ether oxygens (including phenoxy) is 1. The van der Waals surface area contributed by atoms with Crippen molar-refractivity contribution < 1.29 is 36.2 Å². The number of nitrogens with zero attached hydrogens (tertiary/aromatic N) is 1. The molecule has 2 rings (SSSR count). The van der Waals surface area contributed by atoms with Crippen molar-refractivity contribution in [2.24, 2.45) is 0 Å². The SMILES string of the molecule is C=CN1C[C@H](S(=O)(=O)c2ccc(OC(C)C(F)(F)F)cc2Cl)C[C@H]1C(=O)O. The van der Waals surface area contributed by atoms with Gasteiger partial charge in [0, 0.05) is 12.6 Å². The fraction of sp³-hybridized carbons (Fsp3) is 0.438. The molecule has 0 bridgehead atoms. The van der Waals surface area contributed by atoms with Crippen molar-refractivity contribution in [1.29, 1.82) is 0 Å². The molecule has 1 unspecified atom stereocenters. The zero-order valence-electron chi connectivity index (χ0n) is 14.1. The number of carboxylic acids is 1. The van der Waals surface area contributed by atoms with Crippen LogP contribution in [0.1, 0.15) is 13.3 Å². The van der Waals surface area contributed by atoms with Crippen molar-refractivity contribution in [3.8, 4) is 5.75 Å². The van der Waals surface area contributed by atoms with Crippen molar-refractivity contribution in [3.05, 3.63) is 36.0 Å². The third kappa shape index (κ3) is 4.49. The first-order valence-electron chi connectivity index (χ1n) is 7.75. The molecule has 11 heteroatoms. The minimum absolute atomic E-state index is 0.0809. The third-order valence-corrected chi connectivity index (χ3v) is 6.86. The summed E-state index contributed by atoms with van der Waals surface area (Å²) in [6.45, 7) is 4.21. The molecule has 1 saturated heterocycles. The Balaban J connectivity index is 2.27. The molecule has 6 nitrogen and oxygen atoms in total. The molecule has 1 N–H and O–H groups in total. The Morgan fingerprint density at radius 2 is 2.11 bits per heavy atom. The highest BCUT2D eigenvalue weighted by Crippen LogP contribution is 2.34. The van der Waals surface area contributed by atoms with Crippen molar-refractivity contribution in [1.82, 2.24) is 4.90 Å². The second kappa shape index (κ2) is 7.59. The van der Waals surface area contributed by atoms with Gasteiger partial charge in [0.1, 0.15) is 11.8 Å². The van der Waals surface area contributed by atoms with Crippen LogP contribution in [0.3, 0.4) is 0 Å². The summed E-state index contributed by atoms with van der Waals surface area (Å²) in [5.74, 6) is -1.41. The van der Waals surface area contributed by atoms with E-state index in [0.717, 1.165) is 25.1 Å². The highest BCUT2D eigenvalue weighted by molar-refractivity contribution is 7.92. The summed E-state index contributed by atoms with van der Waals surface area (Å²) in [5.41, 5.74) is 0. The molecule has 0 aliphatic carbocycles. The topological polar surface area (TPSA) is 83.9 Å². The molecule has 1 aliphatic rings. The molecule has 27 heavy (non-hydrogen) atoms. The van der Waals surface area contributed by atoms with Crippen molar-refractivity contribution in [2.75, 3.05) is 6.54 Å². The van der Waals surface area contributed by atoms with Crippen LogP contribution in [0, 0.1) is 0 Å². The van der Waals surface area contributed by atoms with Crippen molar-refractivity contribution in [2.45, 2.75) is 41.8 Å². The fourth-order valence-electron chi connectivity index (χ4n) is 2.73. The van der Waals surface area contributed by atoms with Crippen molar-refractivity contribution in [3.63, 3.8) is 0 Å². The van der Waals surface area contributed by atoms with E-state index in [-0.39, 0.29) is 28.6 Å². The van der Waals surface area contributed by atoms with Gasteiger partial charge in [0.25, 0.3) is 0 Å². The van der Waals surface area contributed by atoms with E-state index in [4.69, 9.17) is 16.3 Å². The Morgan fingerprint density at radius 3 is 2.56 bits per heavy atom. The normalized spacial score (nSPS) is 21.7. The predicted octanol–water partition coefficient (Wildman–Crippen LogP) is 3.11. The highest BCUT2D eigenvalue weighted by Gasteiger charge is 2.43. The molecular formula is C16H17ClF3NO5S. The van der Waals surface area contributed by atoms with Crippen LogP contribution in [0.4, 0.5) is 13.2 Å². The summed E-state index contributed by atoms with van der Waals surface area (Å²) in [7, 11) is -4.01. The van der Waals surface area contributed by atoms with E-state index in [1.807, 2.05) is 0 Å². The summed E-state index contributed by atoms with van der Waals surface area (Å²) in [6, 6.07) is 2.10. The Bertz CT molecular complexity index is 843. The van der Waals surface area contributed by atoms with Crippen LogP contribution < -0.4 is 4.74 Å². The van der Waals surface area contributed by atoms with E-state index in [0.29, 0.717) is 0 Å². The van der Waals surface area contributed by atoms with Crippen LogP contribution in [-0.4, -0.2) is 54.5 Å². The molecule has 1 heterocycles. The number of aliphatic carboxylic acids is 1. The number of alkyl halides is 3. The molecule has 3 atom stereocenters. The Hall–Kier alpha value is -1.94. The highest BCUT2D eigenvalue weighted by atomic mass is 35.5. The number of carboxylic acid groups (broad SMARTS) is 1. The number of likely N-dealkylation sites (tertiary alicyclic amines) is 1. The largest absolute Gasteiger partial charge is 0.481 e. The van der Waals surface area contributed by atoms with Gasteiger partial charge in [-0.25, -0.2) is 13.2 Å². The number of sulfone groups is 1. The zero-order chi connectivity index (χ0) is 20.6. The van der Waals surface area contributed by atoms with E-state index < -0.39 is 39.4 Å². The maximum Gasteiger partial charge on any atom is 0.425 e. The molecule has 1 aliphatic heterocycles. The van der Waals surface area contributed by atoms with Crippen LogP contribution in [0.15, 0.2) is 35.9 Å². The number of hydrogen-bond acceptors (Lipinski definition) is 5. The lowest BCUT2D eigenvalue weighted by Gasteiger charge is -2.19. The molecule has 0 aromatic heterocycles. The zero-order valence-corrected chi connectivity index (χ0v) is 15.7. The lowest BCUT2D eigenvalue weighted by Crippen LogP contribution is -2.31. The number of hydrogen-bond donors (Lipinski definition) is 1. The van der Waals surface area contributed by atoms with Gasteiger partial charge >= 0.3 is 12.1 Å². The maximum atomic E-state index is 12.8. The number of halogens is 4. The van der Waals surface area contributed by atoms with E-state index in [1.54, 1.807) is 0 Å². The van der Waals surface area contributed by atoms with Gasteiger partial charge in [0.15, 0.2) is 15.9 Å². The first kappa shape index (κ1) is 21.4. The van der Waals surface area contributed by atoms with Gasteiger partial charge in [0.2, 0.25) is 0 Å². The van der Waals surface area contributed by atoms with Crippen LogP contribution >= 0.6 is 11.6 Å². The molecule has 150 valence electrons. The fourth-order valence-corrected chi connectivity index (χ4v) is 4.97. The Morgan fingerprint density at radius 1 is 1.48 bits per heavy atom. The Labute approximate surface area is 159 Å². The van der Waals surface area contributed by atoms with E-state index in [1.165, 1.54) is 11.1 Å². The van der Waals surface area contributed by atoms with Crippen LogP contribution in [0.25, 0.3) is 0 Å². The van der Waals surface area contributed by atoms with E-state index in [9.17, 15) is 31.5 Å². The van der Waals surface area contributed by atoms with Gasteiger partial charge in [-0.1, -0.05) is 18.2 Å². The monoisotopic (exact) mass is 427 g/mol. The number of rotatable bonds is 6. The van der Waals surface area contributed by atoms with Crippen molar-refractivity contribution >= 4 is 27.4 Å². The summed E-state index contributed by atoms with van der Waals surface area (Å²) < 4.78 is 68.1. The lowest BCUT2D eigenvalue weighted by atomic mass is 10.2. The van der Waals surface area contributed by atoms with E-state index >= 15 is 0 Å². The molecule has 1 aromatic carbocycles. The summed E-state index contributed by atoms with van der Waals surface area (Å²) >= 11 is 5.97. The predicted molar refractivity (Wildman–Crippen MR) is 91.5 cm³/mol. The summed E-state index contributed by atoms with van der Waals surface area (Å²) in [4.78, 5) is 12.3. The second-order valence-corrected chi connectivity index (χ2v) is 8.63. The van der Waals surface area contributed by atoms with Gasteiger partial charge < -0.3 is 14.7 Å². The van der Waals surface area contributed by atoms with Gasteiger partial charge in [-0.05, 0) is 31.7 Å². The smallest absolute Gasteiger partial charge is 0.425 e. The maximum absolute atomic E-state index is 12.8. The molecule has 1 aromatic rings. The first-order valence-corrected chi connectivity index (χ1v) is 9.68. The average molecular weight is 428 g/mol. The minimum atomic E-state index is -4.58. The molecule has 0 saturated carbocycles. The summed E-state index contributed by atoms with van der Waals surface area (Å²) in [6.07, 6.45) is -5.58. The summed E-state index contributed by atoms with van der Waals surface area (Å²) in [5, 5.41) is 7.84. The quantitative estimate of drug-likeness (QED) is 0.751. The van der Waals surface area contributed by atoms with E-state index in [2.05, 4.69) is 6.58 Å². The van der Waals surface area contributed by atoms with Crippen LogP contribution in [0.2, 0.25) is 5.02 Å². The molecule has 0 amide bonds. The second-order valence-electron chi connectivity index (χ2n) is 6.03. The standard InChI is InChI=1S/C16H17ClF3NO5S/c1-3-21-8-11(7-13(21)15(22)23)27(24,25)14-5-4-10(6-12(14)17)26-9(2)16(18,19)20/h3-6,9,11,13H,1,7-8H2,2H3,(H,22,23)/t9?,11-,13+/m1/s1. The van der Waals surface area contributed by atoms with Gasteiger partial charge in [0.05, 0.1) is 15.2 Å². The molecule has 0 spiro atoms. The molecule has 0 radical (unpaired) electrons. The van der Waals surface area contributed by atoms with Gasteiger partial charge in [-0.15, -0.1) is 0 Å². The number of benzene rings is 1. The van der Waals surface area contributed by atoms with Crippen LogP contribution in [0.5, 0.6) is 5.75 Å².